The maximum absolute atomic E-state index is 11.6. The Morgan fingerprint density at radius 1 is 1.09 bits per heavy atom. The first-order valence-electron chi connectivity index (χ1n) is 8.31. The Bertz CT molecular complexity index is 344. The SMILES string of the molecule is CC(C)(C)OC(=O)N1CC[C@H](CN)C1.CN1CC[C@H](CN)C1. The van der Waals surface area contributed by atoms with Gasteiger partial charge in [-0.2, -0.15) is 0 Å². The van der Waals surface area contributed by atoms with E-state index in [4.69, 9.17) is 16.2 Å². The van der Waals surface area contributed by atoms with Gasteiger partial charge in [-0.25, -0.2) is 4.79 Å². The molecule has 0 aromatic heterocycles. The fourth-order valence-corrected chi connectivity index (χ4v) is 2.74. The second kappa shape index (κ2) is 8.70. The summed E-state index contributed by atoms with van der Waals surface area (Å²) in [7, 11) is 2.15. The maximum Gasteiger partial charge on any atom is 0.410 e. The number of nitrogens with two attached hydrogens (primary N) is 2. The Kier molecular flexibility index (Phi) is 7.59. The summed E-state index contributed by atoms with van der Waals surface area (Å²) in [5.41, 5.74) is 10.6. The van der Waals surface area contributed by atoms with Crippen molar-refractivity contribution in [2.75, 3.05) is 46.3 Å². The van der Waals surface area contributed by atoms with Crippen LogP contribution in [0.3, 0.4) is 0 Å². The van der Waals surface area contributed by atoms with Gasteiger partial charge in [0.15, 0.2) is 0 Å². The van der Waals surface area contributed by atoms with Gasteiger partial charge in [0.2, 0.25) is 0 Å². The van der Waals surface area contributed by atoms with Gasteiger partial charge in [-0.15, -0.1) is 0 Å². The molecule has 6 heteroatoms. The number of hydrogen-bond donors (Lipinski definition) is 2. The van der Waals surface area contributed by atoms with E-state index in [1.165, 1.54) is 19.5 Å². The van der Waals surface area contributed by atoms with Crippen LogP contribution >= 0.6 is 0 Å². The molecule has 1 amide bonds. The summed E-state index contributed by atoms with van der Waals surface area (Å²) in [4.78, 5) is 15.7. The highest BCUT2D eigenvalue weighted by atomic mass is 16.6. The van der Waals surface area contributed by atoms with E-state index < -0.39 is 5.60 Å². The lowest BCUT2D eigenvalue weighted by Gasteiger charge is -2.24. The molecule has 0 radical (unpaired) electrons. The Labute approximate surface area is 135 Å². The lowest BCUT2D eigenvalue weighted by atomic mass is 10.1. The average Bonchev–Trinajstić information content (AvgIpc) is 3.05. The number of nitrogens with zero attached hydrogens (tertiary/aromatic N) is 2. The summed E-state index contributed by atoms with van der Waals surface area (Å²) in [6.07, 6.45) is 2.08. The molecule has 2 aliphatic rings. The number of rotatable bonds is 2. The van der Waals surface area contributed by atoms with Crippen molar-refractivity contribution in [3.63, 3.8) is 0 Å². The topological polar surface area (TPSA) is 84.8 Å². The van der Waals surface area contributed by atoms with E-state index >= 15 is 0 Å². The van der Waals surface area contributed by atoms with Crippen LogP contribution in [0, 0.1) is 11.8 Å². The first-order valence-corrected chi connectivity index (χ1v) is 8.31. The van der Waals surface area contributed by atoms with Crippen molar-refractivity contribution in [3.05, 3.63) is 0 Å². The molecule has 4 N–H and O–H groups in total. The zero-order chi connectivity index (χ0) is 16.8. The molecule has 2 rings (SSSR count). The smallest absolute Gasteiger partial charge is 0.410 e. The standard InChI is InChI=1S/C10H20N2O2.C6H14N2/c1-10(2,3)14-9(13)12-5-4-8(6-11)7-12;1-8-3-2-6(4-7)5-8/h8H,4-7,11H2,1-3H3;6H,2-5,7H2,1H3/t8-;6-/m11/s1. The predicted molar refractivity (Wildman–Crippen MR) is 89.6 cm³/mol. The van der Waals surface area contributed by atoms with Gasteiger partial charge in [-0.1, -0.05) is 0 Å². The van der Waals surface area contributed by atoms with Crippen molar-refractivity contribution in [1.82, 2.24) is 9.80 Å². The van der Waals surface area contributed by atoms with Gasteiger partial charge in [-0.05, 0) is 72.1 Å². The van der Waals surface area contributed by atoms with E-state index in [9.17, 15) is 4.79 Å². The number of hydrogen-bond acceptors (Lipinski definition) is 5. The minimum absolute atomic E-state index is 0.214. The summed E-state index contributed by atoms with van der Waals surface area (Å²) in [6.45, 7) is 11.1. The highest BCUT2D eigenvalue weighted by Crippen LogP contribution is 2.18. The molecule has 22 heavy (non-hydrogen) atoms. The fourth-order valence-electron chi connectivity index (χ4n) is 2.74. The van der Waals surface area contributed by atoms with Gasteiger partial charge in [0.05, 0.1) is 0 Å². The van der Waals surface area contributed by atoms with E-state index in [2.05, 4.69) is 11.9 Å². The number of carbonyl (C=O) groups excluding carboxylic acids is 1. The summed E-state index contributed by atoms with van der Waals surface area (Å²) in [5.74, 6) is 1.22. The first kappa shape index (κ1) is 19.2. The molecule has 0 bridgehead atoms. The van der Waals surface area contributed by atoms with E-state index in [1.54, 1.807) is 4.90 Å². The predicted octanol–water partition coefficient (Wildman–Crippen LogP) is 1.10. The maximum atomic E-state index is 11.6. The average molecular weight is 314 g/mol. The van der Waals surface area contributed by atoms with Crippen LogP contribution in [-0.4, -0.2) is 67.8 Å². The molecule has 6 nitrogen and oxygen atoms in total. The Morgan fingerprint density at radius 3 is 2.00 bits per heavy atom. The third-order valence-electron chi connectivity index (χ3n) is 4.09. The number of likely N-dealkylation sites (tertiary alicyclic amines) is 2. The molecule has 0 aromatic rings. The van der Waals surface area contributed by atoms with Crippen LogP contribution in [0.1, 0.15) is 33.6 Å². The van der Waals surface area contributed by atoms with Crippen molar-refractivity contribution >= 4 is 6.09 Å². The molecule has 0 spiro atoms. The third kappa shape index (κ3) is 6.94. The van der Waals surface area contributed by atoms with Crippen LogP contribution in [0.15, 0.2) is 0 Å². The van der Waals surface area contributed by atoms with Crippen molar-refractivity contribution in [1.29, 1.82) is 0 Å². The van der Waals surface area contributed by atoms with E-state index in [0.29, 0.717) is 12.5 Å². The minimum atomic E-state index is -0.405. The fraction of sp³-hybridized carbons (Fsp3) is 0.938. The van der Waals surface area contributed by atoms with E-state index in [1.807, 2.05) is 20.8 Å². The highest BCUT2D eigenvalue weighted by molar-refractivity contribution is 5.68. The molecule has 2 atom stereocenters. The zero-order valence-corrected chi connectivity index (χ0v) is 14.7. The molecule has 0 saturated carbocycles. The number of carbonyl (C=O) groups is 1. The molecule has 2 saturated heterocycles. The second-order valence-corrected chi connectivity index (χ2v) is 7.47. The third-order valence-corrected chi connectivity index (χ3v) is 4.09. The molecule has 2 heterocycles. The van der Waals surface area contributed by atoms with Crippen molar-refractivity contribution in [2.45, 2.75) is 39.2 Å². The minimum Gasteiger partial charge on any atom is -0.444 e. The summed E-state index contributed by atoms with van der Waals surface area (Å²) < 4.78 is 5.26. The molecule has 0 aliphatic carbocycles. The molecule has 130 valence electrons. The highest BCUT2D eigenvalue weighted by Gasteiger charge is 2.28. The summed E-state index contributed by atoms with van der Waals surface area (Å²) >= 11 is 0. The Morgan fingerprint density at radius 2 is 1.64 bits per heavy atom. The van der Waals surface area contributed by atoms with Gasteiger partial charge in [0.1, 0.15) is 5.60 Å². The molecule has 0 aromatic carbocycles. The number of ether oxygens (including phenoxy) is 1. The van der Waals surface area contributed by atoms with Gasteiger partial charge >= 0.3 is 6.09 Å². The van der Waals surface area contributed by atoms with E-state index in [0.717, 1.165) is 32.0 Å². The Hall–Kier alpha value is -0.850. The first-order chi connectivity index (χ1) is 10.2. The zero-order valence-electron chi connectivity index (χ0n) is 14.7. The van der Waals surface area contributed by atoms with Gasteiger partial charge in [0.25, 0.3) is 0 Å². The second-order valence-electron chi connectivity index (χ2n) is 7.47. The monoisotopic (exact) mass is 314 g/mol. The van der Waals surface area contributed by atoms with Gasteiger partial charge < -0.3 is 26.0 Å². The van der Waals surface area contributed by atoms with Crippen molar-refractivity contribution < 1.29 is 9.53 Å². The van der Waals surface area contributed by atoms with Crippen molar-refractivity contribution in [3.8, 4) is 0 Å². The Balaban J connectivity index is 0.000000255. The van der Waals surface area contributed by atoms with Gasteiger partial charge in [-0.3, -0.25) is 0 Å². The van der Waals surface area contributed by atoms with Crippen LogP contribution in [0.5, 0.6) is 0 Å². The lowest BCUT2D eigenvalue weighted by molar-refractivity contribution is 0.0289. The van der Waals surface area contributed by atoms with Crippen LogP contribution in [0.4, 0.5) is 4.79 Å². The molecular formula is C16H34N4O2. The summed E-state index contributed by atoms with van der Waals surface area (Å²) in [6, 6.07) is 0. The normalized spacial score (nSPS) is 25.8. The van der Waals surface area contributed by atoms with Crippen LogP contribution in [-0.2, 0) is 4.74 Å². The molecule has 0 unspecified atom stereocenters. The van der Waals surface area contributed by atoms with Crippen molar-refractivity contribution in [2.24, 2.45) is 23.3 Å². The summed E-state index contributed by atoms with van der Waals surface area (Å²) in [5, 5.41) is 0. The molecule has 2 aliphatic heterocycles. The molecule has 2 fully saturated rings. The number of amides is 1. The van der Waals surface area contributed by atoms with E-state index in [-0.39, 0.29) is 6.09 Å². The van der Waals surface area contributed by atoms with Crippen LogP contribution in [0.25, 0.3) is 0 Å². The molecular weight excluding hydrogens is 280 g/mol. The van der Waals surface area contributed by atoms with Gasteiger partial charge in [0, 0.05) is 19.6 Å². The lowest BCUT2D eigenvalue weighted by Crippen LogP contribution is -2.35. The van der Waals surface area contributed by atoms with Crippen LogP contribution in [0.2, 0.25) is 0 Å². The quantitative estimate of drug-likeness (QED) is 0.797. The van der Waals surface area contributed by atoms with Crippen LogP contribution < -0.4 is 11.5 Å². The largest absolute Gasteiger partial charge is 0.444 e.